The lowest BCUT2D eigenvalue weighted by Gasteiger charge is -2.26. The van der Waals surface area contributed by atoms with E-state index in [9.17, 15) is 4.79 Å². The van der Waals surface area contributed by atoms with Crippen molar-refractivity contribution < 1.29 is 14.3 Å². The molecule has 3 rings (SSSR count). The van der Waals surface area contributed by atoms with Crippen molar-refractivity contribution in [2.75, 3.05) is 52.5 Å². The normalized spacial score (nSPS) is 16.7. The number of amides is 1. The molecule has 0 spiro atoms. The third-order valence-electron chi connectivity index (χ3n) is 4.58. The van der Waals surface area contributed by atoms with Crippen molar-refractivity contribution in [1.82, 2.24) is 15.5 Å². The molecule has 0 atom stereocenters. The van der Waals surface area contributed by atoms with Gasteiger partial charge >= 0.3 is 0 Å². The standard InChI is InChI=1S/C19H29N3O3.2ClH/c23-19(15-20-13-16-4-5-16)21-14-17-2-1-3-18(12-17)25-11-8-22-6-9-24-10-7-22;;/h1-3,12,16,20H,4-11,13-15H2,(H,21,23);2*1H. The van der Waals surface area contributed by atoms with Gasteiger partial charge in [-0.3, -0.25) is 9.69 Å². The van der Waals surface area contributed by atoms with E-state index in [2.05, 4.69) is 15.5 Å². The molecule has 1 heterocycles. The van der Waals surface area contributed by atoms with Gasteiger partial charge in [-0.15, -0.1) is 24.8 Å². The van der Waals surface area contributed by atoms with E-state index in [0.29, 0.717) is 19.7 Å². The average molecular weight is 420 g/mol. The van der Waals surface area contributed by atoms with Crippen molar-refractivity contribution in [2.45, 2.75) is 19.4 Å². The number of benzene rings is 1. The second kappa shape index (κ2) is 13.2. The van der Waals surface area contributed by atoms with Crippen molar-refractivity contribution in [1.29, 1.82) is 0 Å². The number of nitrogens with one attached hydrogen (secondary N) is 2. The van der Waals surface area contributed by atoms with Crippen molar-refractivity contribution in [3.8, 4) is 5.75 Å². The van der Waals surface area contributed by atoms with Crippen LogP contribution in [0.25, 0.3) is 0 Å². The maximum absolute atomic E-state index is 11.8. The van der Waals surface area contributed by atoms with Gasteiger partial charge in [0.25, 0.3) is 0 Å². The van der Waals surface area contributed by atoms with Gasteiger partial charge in [0.1, 0.15) is 12.4 Å². The predicted octanol–water partition coefficient (Wildman–Crippen LogP) is 1.86. The minimum absolute atomic E-state index is 0. The zero-order valence-electron chi connectivity index (χ0n) is 15.7. The fourth-order valence-corrected chi connectivity index (χ4v) is 2.84. The van der Waals surface area contributed by atoms with E-state index < -0.39 is 0 Å². The summed E-state index contributed by atoms with van der Waals surface area (Å²) in [6.45, 7) is 7.04. The van der Waals surface area contributed by atoms with Gasteiger partial charge in [0.05, 0.1) is 19.8 Å². The van der Waals surface area contributed by atoms with Crippen LogP contribution in [0.4, 0.5) is 0 Å². The van der Waals surface area contributed by atoms with Crippen LogP contribution < -0.4 is 15.4 Å². The predicted molar refractivity (Wildman–Crippen MR) is 111 cm³/mol. The molecule has 1 saturated carbocycles. The first kappa shape index (κ1) is 24.0. The fraction of sp³-hybridized carbons (Fsp3) is 0.632. The van der Waals surface area contributed by atoms with Gasteiger partial charge in [0.2, 0.25) is 5.91 Å². The summed E-state index contributed by atoms with van der Waals surface area (Å²) in [5, 5.41) is 6.15. The highest BCUT2D eigenvalue weighted by molar-refractivity contribution is 5.85. The smallest absolute Gasteiger partial charge is 0.234 e. The molecular weight excluding hydrogens is 389 g/mol. The minimum Gasteiger partial charge on any atom is -0.492 e. The number of carbonyl (C=O) groups is 1. The lowest BCUT2D eigenvalue weighted by atomic mass is 10.2. The Bertz CT molecular complexity index is 553. The molecule has 1 saturated heterocycles. The van der Waals surface area contributed by atoms with E-state index in [1.54, 1.807) is 0 Å². The van der Waals surface area contributed by atoms with Gasteiger partial charge in [-0.05, 0) is 43.0 Å². The molecule has 8 heteroatoms. The topological polar surface area (TPSA) is 62.8 Å². The number of hydrogen-bond acceptors (Lipinski definition) is 5. The molecule has 2 aliphatic rings. The average Bonchev–Trinajstić information content (AvgIpc) is 3.46. The molecule has 1 aromatic rings. The van der Waals surface area contributed by atoms with E-state index in [-0.39, 0.29) is 30.7 Å². The summed E-state index contributed by atoms with van der Waals surface area (Å²) in [7, 11) is 0. The first-order valence-corrected chi connectivity index (χ1v) is 9.29. The van der Waals surface area contributed by atoms with E-state index in [0.717, 1.165) is 56.6 Å². The number of rotatable bonds is 10. The Morgan fingerprint density at radius 3 is 2.74 bits per heavy atom. The van der Waals surface area contributed by atoms with Crippen LogP contribution in [0.3, 0.4) is 0 Å². The molecule has 0 radical (unpaired) electrons. The molecule has 1 aromatic carbocycles. The second-order valence-electron chi connectivity index (χ2n) is 6.80. The number of nitrogens with zero attached hydrogens (tertiary/aromatic N) is 1. The SMILES string of the molecule is Cl.Cl.O=C(CNCC1CC1)NCc1cccc(OCCN2CCOCC2)c1. The van der Waals surface area contributed by atoms with Gasteiger partial charge in [0.15, 0.2) is 0 Å². The molecule has 2 N–H and O–H groups in total. The lowest BCUT2D eigenvalue weighted by molar-refractivity contribution is -0.120. The highest BCUT2D eigenvalue weighted by Gasteiger charge is 2.20. The van der Waals surface area contributed by atoms with Gasteiger partial charge in [0, 0.05) is 26.2 Å². The fourth-order valence-electron chi connectivity index (χ4n) is 2.84. The van der Waals surface area contributed by atoms with E-state index in [1.807, 2.05) is 24.3 Å². The number of hydrogen-bond donors (Lipinski definition) is 2. The van der Waals surface area contributed by atoms with Crippen molar-refractivity contribution in [3.05, 3.63) is 29.8 Å². The monoisotopic (exact) mass is 419 g/mol. The lowest BCUT2D eigenvalue weighted by Crippen LogP contribution is -2.38. The Labute approximate surface area is 174 Å². The number of morpholine rings is 1. The molecule has 0 bridgehead atoms. The maximum atomic E-state index is 11.8. The zero-order chi connectivity index (χ0) is 17.3. The Kier molecular flexibility index (Phi) is 11.7. The van der Waals surface area contributed by atoms with Crippen LogP contribution in [0.5, 0.6) is 5.75 Å². The Morgan fingerprint density at radius 1 is 1.22 bits per heavy atom. The Hall–Kier alpha value is -1.05. The summed E-state index contributed by atoms with van der Waals surface area (Å²) in [5.41, 5.74) is 1.06. The Morgan fingerprint density at radius 2 is 2.00 bits per heavy atom. The zero-order valence-corrected chi connectivity index (χ0v) is 17.3. The summed E-state index contributed by atoms with van der Waals surface area (Å²) < 4.78 is 11.2. The number of carbonyl (C=O) groups excluding carboxylic acids is 1. The first-order valence-electron chi connectivity index (χ1n) is 9.29. The highest BCUT2D eigenvalue weighted by atomic mass is 35.5. The van der Waals surface area contributed by atoms with Gasteiger partial charge < -0.3 is 20.1 Å². The summed E-state index contributed by atoms with van der Waals surface area (Å²) >= 11 is 0. The third kappa shape index (κ3) is 9.63. The molecule has 2 fully saturated rings. The van der Waals surface area contributed by atoms with Crippen LogP contribution in [0, 0.1) is 5.92 Å². The number of halogens is 2. The molecule has 154 valence electrons. The van der Waals surface area contributed by atoms with Gasteiger partial charge in [-0.1, -0.05) is 12.1 Å². The summed E-state index contributed by atoms with van der Waals surface area (Å²) in [6, 6.07) is 7.93. The van der Waals surface area contributed by atoms with Crippen LogP contribution in [0.1, 0.15) is 18.4 Å². The van der Waals surface area contributed by atoms with E-state index in [1.165, 1.54) is 12.8 Å². The molecule has 27 heavy (non-hydrogen) atoms. The molecule has 0 aromatic heterocycles. The van der Waals surface area contributed by atoms with Crippen LogP contribution in [-0.4, -0.2) is 63.4 Å². The first-order chi connectivity index (χ1) is 12.3. The number of ether oxygens (including phenoxy) is 2. The maximum Gasteiger partial charge on any atom is 0.234 e. The summed E-state index contributed by atoms with van der Waals surface area (Å²) in [6.07, 6.45) is 2.60. The van der Waals surface area contributed by atoms with Crippen LogP contribution >= 0.6 is 24.8 Å². The van der Waals surface area contributed by atoms with Crippen molar-refractivity contribution >= 4 is 30.7 Å². The summed E-state index contributed by atoms with van der Waals surface area (Å²) in [4.78, 5) is 14.2. The Balaban J connectivity index is 0.00000182. The second-order valence-corrected chi connectivity index (χ2v) is 6.80. The van der Waals surface area contributed by atoms with E-state index >= 15 is 0 Å². The molecule has 0 unspecified atom stereocenters. The van der Waals surface area contributed by atoms with Crippen LogP contribution in [-0.2, 0) is 16.1 Å². The van der Waals surface area contributed by atoms with Crippen molar-refractivity contribution in [3.63, 3.8) is 0 Å². The quantitative estimate of drug-likeness (QED) is 0.605. The molecule has 1 aliphatic carbocycles. The van der Waals surface area contributed by atoms with Crippen LogP contribution in [0.2, 0.25) is 0 Å². The molecule has 6 nitrogen and oxygen atoms in total. The van der Waals surface area contributed by atoms with Crippen LogP contribution in [0.15, 0.2) is 24.3 Å². The minimum atomic E-state index is 0. The third-order valence-corrected chi connectivity index (χ3v) is 4.58. The van der Waals surface area contributed by atoms with Crippen molar-refractivity contribution in [2.24, 2.45) is 5.92 Å². The van der Waals surface area contributed by atoms with Gasteiger partial charge in [-0.2, -0.15) is 0 Å². The van der Waals surface area contributed by atoms with E-state index in [4.69, 9.17) is 9.47 Å². The van der Waals surface area contributed by atoms with Gasteiger partial charge in [-0.25, -0.2) is 0 Å². The summed E-state index contributed by atoms with van der Waals surface area (Å²) in [5.74, 6) is 1.69. The molecule has 1 amide bonds. The molecular formula is C19H31Cl2N3O3. The molecule has 1 aliphatic heterocycles. The largest absolute Gasteiger partial charge is 0.492 e. The highest BCUT2D eigenvalue weighted by Crippen LogP contribution is 2.27.